The maximum absolute atomic E-state index is 12.1. The molecule has 0 radical (unpaired) electrons. The Morgan fingerprint density at radius 1 is 1.37 bits per heavy atom. The highest BCUT2D eigenvalue weighted by Crippen LogP contribution is 2.11. The van der Waals surface area contributed by atoms with Crippen molar-refractivity contribution in [3.63, 3.8) is 0 Å². The molecule has 0 aromatic carbocycles. The number of rotatable bonds is 9. The van der Waals surface area contributed by atoms with Crippen molar-refractivity contribution in [1.82, 2.24) is 10.2 Å². The first kappa shape index (κ1) is 17.9. The number of nitrogens with zero attached hydrogens (tertiary/aromatic N) is 1. The van der Waals surface area contributed by atoms with Crippen LogP contribution >= 0.6 is 0 Å². The van der Waals surface area contributed by atoms with Crippen molar-refractivity contribution in [2.45, 2.75) is 20.3 Å². The first-order valence-electron chi connectivity index (χ1n) is 6.64. The lowest BCUT2D eigenvalue weighted by Gasteiger charge is -2.24. The van der Waals surface area contributed by atoms with Crippen molar-refractivity contribution < 1.29 is 14.3 Å². The van der Waals surface area contributed by atoms with Gasteiger partial charge in [0.15, 0.2) is 0 Å². The first-order chi connectivity index (χ1) is 8.93. The monoisotopic (exact) mass is 273 g/mol. The number of methoxy groups -OCH3 is 1. The molecule has 1 unspecified atom stereocenters. The van der Waals surface area contributed by atoms with Gasteiger partial charge in [-0.25, -0.2) is 0 Å². The molecule has 1 atom stereocenters. The summed E-state index contributed by atoms with van der Waals surface area (Å²) >= 11 is 0. The summed E-state index contributed by atoms with van der Waals surface area (Å²) in [5.41, 5.74) is 5.59. The molecular weight excluding hydrogens is 246 g/mol. The summed E-state index contributed by atoms with van der Waals surface area (Å²) in [6.45, 7) is 5.43. The van der Waals surface area contributed by atoms with E-state index in [1.807, 2.05) is 13.8 Å². The normalized spacial score (nSPS) is 12.3. The largest absolute Gasteiger partial charge is 0.385 e. The molecule has 19 heavy (non-hydrogen) atoms. The molecule has 6 nitrogen and oxygen atoms in total. The summed E-state index contributed by atoms with van der Waals surface area (Å²) < 4.78 is 4.89. The number of nitrogens with two attached hydrogens (primary N) is 1. The molecule has 0 saturated carbocycles. The van der Waals surface area contributed by atoms with E-state index in [0.29, 0.717) is 19.7 Å². The number of nitrogens with one attached hydrogen (secondary N) is 1. The number of carbonyl (C=O) groups excluding carboxylic acids is 2. The Bertz CT molecular complexity index is 282. The minimum absolute atomic E-state index is 0.0645. The molecular formula is C13H27N3O3. The molecule has 3 N–H and O–H groups in total. The molecule has 0 spiro atoms. The van der Waals surface area contributed by atoms with Gasteiger partial charge in [-0.05, 0) is 12.3 Å². The Labute approximate surface area is 115 Å². The molecule has 0 aromatic rings. The minimum Gasteiger partial charge on any atom is -0.385 e. The average Bonchev–Trinajstić information content (AvgIpc) is 2.34. The standard InChI is InChI=1S/C13H27N3O3/c1-10(2)11(8-14)13(18)16(3)9-12(17)15-6-5-7-19-4/h10-11H,5-9,14H2,1-4H3,(H,15,17). The van der Waals surface area contributed by atoms with Crippen LogP contribution in [0.5, 0.6) is 0 Å². The number of amides is 2. The molecule has 0 bridgehead atoms. The molecule has 0 aliphatic rings. The Morgan fingerprint density at radius 2 is 2.00 bits per heavy atom. The first-order valence-corrected chi connectivity index (χ1v) is 6.64. The van der Waals surface area contributed by atoms with Gasteiger partial charge in [0.25, 0.3) is 0 Å². The maximum Gasteiger partial charge on any atom is 0.239 e. The van der Waals surface area contributed by atoms with Gasteiger partial charge in [-0.15, -0.1) is 0 Å². The molecule has 0 saturated heterocycles. The fourth-order valence-corrected chi connectivity index (χ4v) is 1.73. The summed E-state index contributed by atoms with van der Waals surface area (Å²) in [5, 5.41) is 2.75. The molecule has 2 amide bonds. The van der Waals surface area contributed by atoms with Gasteiger partial charge in [0.1, 0.15) is 0 Å². The molecule has 0 aliphatic heterocycles. The van der Waals surface area contributed by atoms with Crippen molar-refractivity contribution in [3.05, 3.63) is 0 Å². The van der Waals surface area contributed by atoms with E-state index in [4.69, 9.17) is 10.5 Å². The Balaban J connectivity index is 4.10. The number of hydrogen-bond acceptors (Lipinski definition) is 4. The third-order valence-corrected chi connectivity index (χ3v) is 2.98. The van der Waals surface area contributed by atoms with Gasteiger partial charge in [-0.3, -0.25) is 9.59 Å². The summed E-state index contributed by atoms with van der Waals surface area (Å²) in [5.74, 6) is -0.299. The van der Waals surface area contributed by atoms with Crippen molar-refractivity contribution in [2.75, 3.05) is 40.4 Å². The van der Waals surface area contributed by atoms with Crippen LogP contribution in [0.1, 0.15) is 20.3 Å². The van der Waals surface area contributed by atoms with Crippen LogP contribution in [-0.2, 0) is 14.3 Å². The van der Waals surface area contributed by atoms with E-state index in [2.05, 4.69) is 5.32 Å². The third kappa shape index (κ3) is 7.12. The van der Waals surface area contributed by atoms with Crippen LogP contribution in [-0.4, -0.2) is 57.1 Å². The van der Waals surface area contributed by atoms with E-state index in [1.54, 1.807) is 14.2 Å². The van der Waals surface area contributed by atoms with E-state index >= 15 is 0 Å². The predicted molar refractivity (Wildman–Crippen MR) is 74.5 cm³/mol. The molecule has 6 heteroatoms. The zero-order chi connectivity index (χ0) is 14.8. The number of hydrogen-bond donors (Lipinski definition) is 2. The van der Waals surface area contributed by atoms with Crippen molar-refractivity contribution in [2.24, 2.45) is 17.6 Å². The zero-order valence-electron chi connectivity index (χ0n) is 12.4. The van der Waals surface area contributed by atoms with Crippen LogP contribution in [0.3, 0.4) is 0 Å². The van der Waals surface area contributed by atoms with Gasteiger partial charge in [0.05, 0.1) is 12.5 Å². The molecule has 0 heterocycles. The van der Waals surface area contributed by atoms with Crippen molar-refractivity contribution in [1.29, 1.82) is 0 Å². The van der Waals surface area contributed by atoms with Gasteiger partial charge >= 0.3 is 0 Å². The molecule has 0 fully saturated rings. The van der Waals surface area contributed by atoms with Gasteiger partial charge in [-0.2, -0.15) is 0 Å². The van der Waals surface area contributed by atoms with Gasteiger partial charge in [0, 0.05) is 33.9 Å². The van der Waals surface area contributed by atoms with Crippen LogP contribution < -0.4 is 11.1 Å². The molecule has 0 rings (SSSR count). The lowest BCUT2D eigenvalue weighted by molar-refractivity contribution is -0.138. The highest BCUT2D eigenvalue weighted by molar-refractivity contribution is 5.85. The van der Waals surface area contributed by atoms with Gasteiger partial charge in [-0.1, -0.05) is 13.8 Å². The zero-order valence-corrected chi connectivity index (χ0v) is 12.4. The topological polar surface area (TPSA) is 84.7 Å². The highest BCUT2D eigenvalue weighted by Gasteiger charge is 2.24. The van der Waals surface area contributed by atoms with Gasteiger partial charge < -0.3 is 20.7 Å². The average molecular weight is 273 g/mol. The van der Waals surface area contributed by atoms with Crippen LogP contribution in [0.2, 0.25) is 0 Å². The lowest BCUT2D eigenvalue weighted by Crippen LogP contribution is -2.44. The quantitative estimate of drug-likeness (QED) is 0.571. The molecule has 112 valence electrons. The number of carbonyl (C=O) groups is 2. The second-order valence-corrected chi connectivity index (χ2v) is 4.98. The van der Waals surface area contributed by atoms with E-state index in [1.165, 1.54) is 4.90 Å². The number of ether oxygens (including phenoxy) is 1. The summed E-state index contributed by atoms with van der Waals surface area (Å²) in [6, 6.07) is 0. The Hall–Kier alpha value is -1.14. The maximum atomic E-state index is 12.1. The minimum atomic E-state index is -0.230. The van der Waals surface area contributed by atoms with E-state index in [0.717, 1.165) is 6.42 Å². The Morgan fingerprint density at radius 3 is 2.47 bits per heavy atom. The van der Waals surface area contributed by atoms with Crippen LogP contribution in [0.4, 0.5) is 0 Å². The van der Waals surface area contributed by atoms with Crippen LogP contribution in [0, 0.1) is 11.8 Å². The van der Waals surface area contributed by atoms with E-state index in [-0.39, 0.29) is 30.2 Å². The second-order valence-electron chi connectivity index (χ2n) is 4.98. The smallest absolute Gasteiger partial charge is 0.239 e. The fourth-order valence-electron chi connectivity index (χ4n) is 1.73. The SMILES string of the molecule is COCCCNC(=O)CN(C)C(=O)C(CN)C(C)C. The van der Waals surface area contributed by atoms with E-state index < -0.39 is 0 Å². The summed E-state index contributed by atoms with van der Waals surface area (Å²) in [7, 11) is 3.25. The highest BCUT2D eigenvalue weighted by atomic mass is 16.5. The van der Waals surface area contributed by atoms with Gasteiger partial charge in [0.2, 0.25) is 11.8 Å². The predicted octanol–water partition coefficient (Wildman–Crippen LogP) is -0.172. The lowest BCUT2D eigenvalue weighted by atomic mass is 9.94. The summed E-state index contributed by atoms with van der Waals surface area (Å²) in [4.78, 5) is 25.1. The van der Waals surface area contributed by atoms with Crippen LogP contribution in [0.15, 0.2) is 0 Å². The van der Waals surface area contributed by atoms with Crippen molar-refractivity contribution >= 4 is 11.8 Å². The Kier molecular flexibility index (Phi) is 9.16. The van der Waals surface area contributed by atoms with Crippen molar-refractivity contribution in [3.8, 4) is 0 Å². The van der Waals surface area contributed by atoms with E-state index in [9.17, 15) is 9.59 Å². The van der Waals surface area contributed by atoms with Crippen LogP contribution in [0.25, 0.3) is 0 Å². The molecule has 0 aliphatic carbocycles. The fraction of sp³-hybridized carbons (Fsp3) is 0.846. The summed E-state index contributed by atoms with van der Waals surface area (Å²) in [6.07, 6.45) is 0.761. The third-order valence-electron chi connectivity index (χ3n) is 2.98. The molecule has 0 aromatic heterocycles. The number of likely N-dealkylation sites (N-methyl/N-ethyl adjacent to an activating group) is 1. The second kappa shape index (κ2) is 9.75.